The number of hydrogen-bond donors (Lipinski definition) is 1. The van der Waals surface area contributed by atoms with Gasteiger partial charge in [-0.15, -0.1) is 5.10 Å². The van der Waals surface area contributed by atoms with Crippen molar-refractivity contribution >= 4 is 5.97 Å². The maximum atomic E-state index is 11.4. The van der Waals surface area contributed by atoms with Gasteiger partial charge >= 0.3 is 5.97 Å². The number of hydrogen-bond acceptors (Lipinski definition) is 6. The van der Waals surface area contributed by atoms with Crippen LogP contribution in [0.25, 0.3) is 0 Å². The minimum absolute atomic E-state index is 0.194. The van der Waals surface area contributed by atoms with Crippen LogP contribution in [-0.4, -0.2) is 53.0 Å². The fourth-order valence-corrected chi connectivity index (χ4v) is 1.53. The highest BCUT2D eigenvalue weighted by atomic mass is 16.5. The first-order valence-electron chi connectivity index (χ1n) is 5.31. The van der Waals surface area contributed by atoms with Crippen molar-refractivity contribution in [1.29, 1.82) is 0 Å². The molecule has 1 heterocycles. The third-order valence-corrected chi connectivity index (χ3v) is 2.29. The summed E-state index contributed by atoms with van der Waals surface area (Å²) in [6.07, 6.45) is -0.102. The van der Waals surface area contributed by atoms with Crippen molar-refractivity contribution in [3.8, 4) is 0 Å². The average Bonchev–Trinajstić information content (AvgIpc) is 2.71. The summed E-state index contributed by atoms with van der Waals surface area (Å²) in [7, 11) is 2.80. The molecule has 0 fully saturated rings. The lowest BCUT2D eigenvalue weighted by Gasteiger charge is -2.10. The van der Waals surface area contributed by atoms with Gasteiger partial charge in [0, 0.05) is 7.11 Å². The van der Waals surface area contributed by atoms with Crippen LogP contribution >= 0.6 is 0 Å². The Hall–Kier alpha value is -1.47. The summed E-state index contributed by atoms with van der Waals surface area (Å²) >= 11 is 0. The van der Waals surface area contributed by atoms with E-state index in [-0.39, 0.29) is 18.8 Å². The molecule has 1 atom stereocenters. The molecular formula is C10H17N3O4. The molecule has 1 N–H and O–H groups in total. The van der Waals surface area contributed by atoms with Gasteiger partial charge in [-0.05, 0) is 6.42 Å². The van der Waals surface area contributed by atoms with Crippen molar-refractivity contribution in [2.45, 2.75) is 26.0 Å². The molecule has 7 nitrogen and oxygen atoms in total. The van der Waals surface area contributed by atoms with E-state index in [1.165, 1.54) is 18.9 Å². The number of methoxy groups -OCH3 is 2. The number of carbonyl (C=O) groups is 1. The molecule has 7 heteroatoms. The second kappa shape index (κ2) is 6.31. The van der Waals surface area contributed by atoms with Crippen LogP contribution in [0.2, 0.25) is 0 Å². The molecule has 0 saturated heterocycles. The van der Waals surface area contributed by atoms with E-state index in [0.29, 0.717) is 12.1 Å². The van der Waals surface area contributed by atoms with Gasteiger partial charge in [0.2, 0.25) is 0 Å². The number of rotatable bonds is 6. The first-order valence-corrected chi connectivity index (χ1v) is 5.31. The van der Waals surface area contributed by atoms with E-state index in [2.05, 4.69) is 15.0 Å². The summed E-state index contributed by atoms with van der Waals surface area (Å²) in [4.78, 5) is 11.4. The molecular weight excluding hydrogens is 226 g/mol. The minimum atomic E-state index is -0.683. The molecule has 0 aliphatic carbocycles. The van der Waals surface area contributed by atoms with Crippen LogP contribution in [0.1, 0.15) is 23.1 Å². The lowest BCUT2D eigenvalue weighted by atomic mass is 10.2. The summed E-state index contributed by atoms with van der Waals surface area (Å²) in [6, 6.07) is 0. The standard InChI is InChI=1S/C10H17N3O4/c1-4-8-9(10(15)17-3)11-12-13(8)5-7(14)6-16-2/h7,14H,4-6H2,1-3H3. The SMILES string of the molecule is CCc1c(C(=O)OC)nnn1CC(O)COC. The van der Waals surface area contributed by atoms with Gasteiger partial charge in [0.15, 0.2) is 5.69 Å². The summed E-state index contributed by atoms with van der Waals surface area (Å²) < 4.78 is 10.9. The lowest BCUT2D eigenvalue weighted by Crippen LogP contribution is -2.23. The van der Waals surface area contributed by atoms with Crippen LogP contribution in [0, 0.1) is 0 Å². The van der Waals surface area contributed by atoms with Crippen molar-refractivity contribution in [2.24, 2.45) is 0 Å². The zero-order valence-electron chi connectivity index (χ0n) is 10.2. The molecule has 0 amide bonds. The maximum Gasteiger partial charge on any atom is 0.360 e. The minimum Gasteiger partial charge on any atom is -0.464 e. The number of aliphatic hydroxyl groups is 1. The third-order valence-electron chi connectivity index (χ3n) is 2.29. The Bertz CT molecular complexity index is 378. The Balaban J connectivity index is 2.86. The average molecular weight is 243 g/mol. The summed E-state index contributed by atoms with van der Waals surface area (Å²) in [5.41, 5.74) is 0.839. The molecule has 1 aromatic heterocycles. The van der Waals surface area contributed by atoms with Crippen LogP contribution in [0.4, 0.5) is 0 Å². The Kier molecular flexibility index (Phi) is 5.05. The van der Waals surface area contributed by atoms with E-state index in [1.807, 2.05) is 6.92 Å². The molecule has 17 heavy (non-hydrogen) atoms. The highest BCUT2D eigenvalue weighted by molar-refractivity contribution is 5.88. The smallest absolute Gasteiger partial charge is 0.360 e. The Morgan fingerprint density at radius 2 is 2.24 bits per heavy atom. The highest BCUT2D eigenvalue weighted by Gasteiger charge is 2.20. The van der Waals surface area contributed by atoms with Crippen molar-refractivity contribution in [1.82, 2.24) is 15.0 Å². The molecule has 0 bridgehead atoms. The second-order valence-corrected chi connectivity index (χ2v) is 3.52. The number of nitrogens with zero attached hydrogens (tertiary/aromatic N) is 3. The fraction of sp³-hybridized carbons (Fsp3) is 0.700. The quantitative estimate of drug-likeness (QED) is 0.686. The van der Waals surface area contributed by atoms with E-state index < -0.39 is 12.1 Å². The van der Waals surface area contributed by atoms with Gasteiger partial charge in [-0.25, -0.2) is 9.48 Å². The van der Waals surface area contributed by atoms with Gasteiger partial charge in [-0.3, -0.25) is 0 Å². The van der Waals surface area contributed by atoms with E-state index in [9.17, 15) is 9.90 Å². The monoisotopic (exact) mass is 243 g/mol. The molecule has 96 valence electrons. The lowest BCUT2D eigenvalue weighted by molar-refractivity contribution is 0.0503. The molecule has 1 rings (SSSR count). The second-order valence-electron chi connectivity index (χ2n) is 3.52. The maximum absolute atomic E-state index is 11.4. The van der Waals surface area contributed by atoms with Crippen LogP contribution < -0.4 is 0 Å². The van der Waals surface area contributed by atoms with E-state index in [4.69, 9.17) is 4.74 Å². The van der Waals surface area contributed by atoms with Crippen molar-refractivity contribution in [3.05, 3.63) is 11.4 Å². The number of aliphatic hydroxyl groups excluding tert-OH is 1. The predicted octanol–water partition coefficient (Wildman–Crippen LogP) is -0.366. The van der Waals surface area contributed by atoms with Gasteiger partial charge in [-0.2, -0.15) is 0 Å². The van der Waals surface area contributed by atoms with Crippen LogP contribution in [0.15, 0.2) is 0 Å². The largest absolute Gasteiger partial charge is 0.464 e. The van der Waals surface area contributed by atoms with Crippen LogP contribution in [0.5, 0.6) is 0 Å². The molecule has 0 spiro atoms. The Morgan fingerprint density at radius 1 is 1.53 bits per heavy atom. The van der Waals surface area contributed by atoms with Gasteiger partial charge in [0.1, 0.15) is 0 Å². The third kappa shape index (κ3) is 3.24. The predicted molar refractivity (Wildman–Crippen MR) is 58.6 cm³/mol. The number of esters is 1. The van der Waals surface area contributed by atoms with Crippen molar-refractivity contribution < 1.29 is 19.4 Å². The van der Waals surface area contributed by atoms with Crippen molar-refractivity contribution in [2.75, 3.05) is 20.8 Å². The molecule has 0 aliphatic heterocycles. The summed E-state index contributed by atoms with van der Waals surface area (Å²) in [5, 5.41) is 17.2. The highest BCUT2D eigenvalue weighted by Crippen LogP contribution is 2.08. The van der Waals surface area contributed by atoms with Crippen LogP contribution in [0.3, 0.4) is 0 Å². The molecule has 1 aromatic rings. The molecule has 0 aliphatic rings. The Morgan fingerprint density at radius 3 is 2.76 bits per heavy atom. The van der Waals surface area contributed by atoms with Gasteiger partial charge in [0.05, 0.1) is 32.1 Å². The van der Waals surface area contributed by atoms with E-state index in [0.717, 1.165) is 0 Å². The van der Waals surface area contributed by atoms with Gasteiger partial charge in [0.25, 0.3) is 0 Å². The zero-order valence-corrected chi connectivity index (χ0v) is 10.2. The molecule has 0 aromatic carbocycles. The van der Waals surface area contributed by atoms with Crippen LogP contribution in [-0.2, 0) is 22.4 Å². The number of aromatic nitrogens is 3. The van der Waals surface area contributed by atoms with E-state index in [1.54, 1.807) is 0 Å². The summed E-state index contributed by atoms with van der Waals surface area (Å²) in [6.45, 7) is 2.32. The normalized spacial score (nSPS) is 12.5. The zero-order chi connectivity index (χ0) is 12.8. The molecule has 0 radical (unpaired) electrons. The summed E-state index contributed by atoms with van der Waals surface area (Å²) in [5.74, 6) is -0.519. The van der Waals surface area contributed by atoms with Crippen molar-refractivity contribution in [3.63, 3.8) is 0 Å². The van der Waals surface area contributed by atoms with Gasteiger partial charge in [-0.1, -0.05) is 12.1 Å². The first kappa shape index (κ1) is 13.6. The van der Waals surface area contributed by atoms with Gasteiger partial charge < -0.3 is 14.6 Å². The molecule has 0 saturated carbocycles. The first-order chi connectivity index (χ1) is 8.13. The number of ether oxygens (including phenoxy) is 2. The topological polar surface area (TPSA) is 86.5 Å². The van der Waals surface area contributed by atoms with E-state index >= 15 is 0 Å². The molecule has 1 unspecified atom stereocenters. The fourth-order valence-electron chi connectivity index (χ4n) is 1.53. The Labute approximate surface area is 99.3 Å². The number of carbonyl (C=O) groups excluding carboxylic acids is 1.